The maximum absolute atomic E-state index is 11.9. The van der Waals surface area contributed by atoms with Crippen LogP contribution in [0.2, 0.25) is 0 Å². The molecular weight excluding hydrogens is 256 g/mol. The van der Waals surface area contributed by atoms with Gasteiger partial charge in [0.05, 0.1) is 0 Å². The van der Waals surface area contributed by atoms with Crippen LogP contribution in [-0.2, 0) is 9.53 Å². The van der Waals surface area contributed by atoms with E-state index in [1.54, 1.807) is 20.8 Å². The van der Waals surface area contributed by atoms with E-state index in [2.05, 4.69) is 0 Å². The van der Waals surface area contributed by atoms with Crippen molar-refractivity contribution in [2.75, 3.05) is 5.75 Å². The van der Waals surface area contributed by atoms with Crippen LogP contribution in [0.1, 0.15) is 20.8 Å². The van der Waals surface area contributed by atoms with Crippen LogP contribution in [0.4, 0.5) is 13.6 Å². The Hall–Kier alpha value is -1.05. The summed E-state index contributed by atoms with van der Waals surface area (Å²) in [5.41, 5.74) is -0.775. The normalized spacial score (nSPS) is 13.3. The molecular formula is C9H15F2NO4S. The summed E-state index contributed by atoms with van der Waals surface area (Å²) in [4.78, 5) is 21.9. The number of hydrogen-bond acceptors (Lipinski definition) is 4. The number of aliphatic carboxylic acids is 1. The fourth-order valence-corrected chi connectivity index (χ4v) is 1.36. The first kappa shape index (κ1) is 16.0. The first-order valence-corrected chi connectivity index (χ1v) is 5.79. The fraction of sp³-hybridized carbons (Fsp3) is 0.778. The van der Waals surface area contributed by atoms with Crippen LogP contribution in [0.25, 0.3) is 0 Å². The predicted octanol–water partition coefficient (Wildman–Crippen LogP) is 1.92. The van der Waals surface area contributed by atoms with Crippen LogP contribution < -0.4 is 5.32 Å². The minimum atomic E-state index is -2.68. The number of thioether (sulfide) groups is 1. The van der Waals surface area contributed by atoms with E-state index in [1.807, 2.05) is 5.32 Å². The number of carboxylic acid groups (broad SMARTS) is 1. The highest BCUT2D eigenvalue weighted by molar-refractivity contribution is 7.99. The fourth-order valence-electron chi connectivity index (χ4n) is 0.793. The van der Waals surface area contributed by atoms with E-state index in [4.69, 9.17) is 9.84 Å². The number of amides is 1. The van der Waals surface area contributed by atoms with Gasteiger partial charge in [-0.3, -0.25) is 0 Å². The summed E-state index contributed by atoms with van der Waals surface area (Å²) in [6, 6.07) is -1.40. The SMILES string of the molecule is CC(C)(C)OC(=O)N[C@@H](CSC(F)F)C(=O)O. The largest absolute Gasteiger partial charge is 0.480 e. The van der Waals surface area contributed by atoms with Crippen molar-refractivity contribution in [3.8, 4) is 0 Å². The Bertz CT molecular complexity index is 281. The lowest BCUT2D eigenvalue weighted by Crippen LogP contribution is -2.45. The average Bonchev–Trinajstić information content (AvgIpc) is 2.08. The third-order valence-electron chi connectivity index (χ3n) is 1.38. The highest BCUT2D eigenvalue weighted by Crippen LogP contribution is 2.15. The van der Waals surface area contributed by atoms with Crippen LogP contribution >= 0.6 is 11.8 Å². The third kappa shape index (κ3) is 8.73. The molecule has 0 aliphatic rings. The lowest BCUT2D eigenvalue weighted by molar-refractivity contribution is -0.138. The van der Waals surface area contributed by atoms with Crippen LogP contribution in [0, 0.1) is 0 Å². The number of ether oxygens (including phenoxy) is 1. The van der Waals surface area contributed by atoms with Crippen molar-refractivity contribution in [2.24, 2.45) is 0 Å². The molecule has 1 amide bonds. The second-order valence-corrected chi connectivity index (χ2v) is 5.15. The molecule has 100 valence electrons. The van der Waals surface area contributed by atoms with E-state index in [0.29, 0.717) is 0 Å². The van der Waals surface area contributed by atoms with Gasteiger partial charge in [-0.2, -0.15) is 8.78 Å². The second-order valence-electron chi connectivity index (χ2n) is 4.13. The summed E-state index contributed by atoms with van der Waals surface area (Å²) < 4.78 is 28.6. The Morgan fingerprint density at radius 1 is 1.41 bits per heavy atom. The molecule has 0 radical (unpaired) electrons. The zero-order valence-corrected chi connectivity index (χ0v) is 10.5. The van der Waals surface area contributed by atoms with Crippen molar-refractivity contribution in [3.05, 3.63) is 0 Å². The Morgan fingerprint density at radius 2 is 1.94 bits per heavy atom. The molecule has 0 spiro atoms. The van der Waals surface area contributed by atoms with Gasteiger partial charge in [-0.1, -0.05) is 11.8 Å². The van der Waals surface area contributed by atoms with E-state index in [1.165, 1.54) is 0 Å². The summed E-state index contributed by atoms with van der Waals surface area (Å²) >= 11 is 0.143. The highest BCUT2D eigenvalue weighted by Gasteiger charge is 2.24. The van der Waals surface area contributed by atoms with Crippen molar-refractivity contribution < 1.29 is 28.2 Å². The Labute approximate surface area is 102 Å². The number of carbonyl (C=O) groups excluding carboxylic acids is 1. The molecule has 17 heavy (non-hydrogen) atoms. The van der Waals surface area contributed by atoms with Gasteiger partial charge in [0.2, 0.25) is 0 Å². The molecule has 5 nitrogen and oxygen atoms in total. The van der Waals surface area contributed by atoms with Gasteiger partial charge in [0.25, 0.3) is 5.76 Å². The Morgan fingerprint density at radius 3 is 2.29 bits per heavy atom. The maximum Gasteiger partial charge on any atom is 0.408 e. The van der Waals surface area contributed by atoms with Gasteiger partial charge < -0.3 is 15.2 Å². The van der Waals surface area contributed by atoms with Crippen molar-refractivity contribution >= 4 is 23.8 Å². The Kier molecular flexibility index (Phi) is 6.22. The quantitative estimate of drug-likeness (QED) is 0.799. The van der Waals surface area contributed by atoms with Crippen LogP contribution in [-0.4, -0.2) is 40.3 Å². The van der Waals surface area contributed by atoms with E-state index in [9.17, 15) is 18.4 Å². The standard InChI is InChI=1S/C9H15F2NO4S/c1-9(2,3)16-8(15)12-5(6(13)14)4-17-7(10)11/h5,7H,4H2,1-3H3,(H,12,15)(H,13,14)/t5-/m0/s1. The smallest absolute Gasteiger partial charge is 0.408 e. The highest BCUT2D eigenvalue weighted by atomic mass is 32.2. The molecule has 0 aromatic carbocycles. The molecule has 0 saturated carbocycles. The summed E-state index contributed by atoms with van der Waals surface area (Å²) in [5, 5.41) is 10.7. The molecule has 0 unspecified atom stereocenters. The molecule has 0 bridgehead atoms. The number of carboxylic acids is 1. The molecule has 0 rings (SSSR count). The lowest BCUT2D eigenvalue weighted by Gasteiger charge is -2.21. The lowest BCUT2D eigenvalue weighted by atomic mass is 10.2. The van der Waals surface area contributed by atoms with Gasteiger partial charge in [0, 0.05) is 5.75 Å². The van der Waals surface area contributed by atoms with Crippen LogP contribution in [0.3, 0.4) is 0 Å². The third-order valence-corrected chi connectivity index (χ3v) is 2.16. The van der Waals surface area contributed by atoms with E-state index in [0.717, 1.165) is 0 Å². The average molecular weight is 271 g/mol. The Balaban J connectivity index is 4.26. The van der Waals surface area contributed by atoms with E-state index in [-0.39, 0.29) is 11.8 Å². The van der Waals surface area contributed by atoms with Gasteiger partial charge in [-0.25, -0.2) is 9.59 Å². The zero-order chi connectivity index (χ0) is 13.6. The number of alkyl carbamates (subject to hydrolysis) is 1. The van der Waals surface area contributed by atoms with Crippen molar-refractivity contribution in [3.63, 3.8) is 0 Å². The van der Waals surface area contributed by atoms with Crippen LogP contribution in [0.5, 0.6) is 0 Å². The van der Waals surface area contributed by atoms with E-state index < -0.39 is 35.2 Å². The molecule has 0 heterocycles. The summed E-state index contributed by atoms with van der Waals surface area (Å²) in [6.45, 7) is 4.82. The molecule has 0 saturated heterocycles. The summed E-state index contributed by atoms with van der Waals surface area (Å²) in [7, 11) is 0. The molecule has 0 aliphatic heterocycles. The molecule has 0 aliphatic carbocycles. The number of carbonyl (C=O) groups is 2. The second kappa shape index (κ2) is 6.63. The van der Waals surface area contributed by atoms with Crippen molar-refractivity contribution in [2.45, 2.75) is 38.2 Å². The number of hydrogen-bond donors (Lipinski definition) is 2. The van der Waals surface area contributed by atoms with Gasteiger partial charge in [0.15, 0.2) is 0 Å². The molecule has 2 N–H and O–H groups in total. The number of nitrogens with one attached hydrogen (secondary N) is 1. The van der Waals surface area contributed by atoms with Gasteiger partial charge in [0.1, 0.15) is 11.6 Å². The zero-order valence-electron chi connectivity index (χ0n) is 9.70. The first-order valence-electron chi connectivity index (χ1n) is 4.74. The topological polar surface area (TPSA) is 75.6 Å². The maximum atomic E-state index is 11.9. The van der Waals surface area contributed by atoms with E-state index >= 15 is 0 Å². The molecule has 8 heteroatoms. The first-order chi connectivity index (χ1) is 7.61. The van der Waals surface area contributed by atoms with Gasteiger partial charge in [-0.05, 0) is 20.8 Å². The molecule has 0 fully saturated rings. The van der Waals surface area contributed by atoms with Crippen molar-refractivity contribution in [1.82, 2.24) is 5.32 Å². The van der Waals surface area contributed by atoms with Gasteiger partial charge in [-0.15, -0.1) is 0 Å². The summed E-state index contributed by atoms with van der Waals surface area (Å²) in [5.74, 6) is -4.49. The monoisotopic (exact) mass is 271 g/mol. The number of alkyl halides is 2. The minimum absolute atomic E-state index is 0.143. The number of rotatable bonds is 5. The predicted molar refractivity (Wildman–Crippen MR) is 59.3 cm³/mol. The summed E-state index contributed by atoms with van der Waals surface area (Å²) in [6.07, 6.45) is -0.945. The van der Waals surface area contributed by atoms with Gasteiger partial charge >= 0.3 is 12.1 Å². The van der Waals surface area contributed by atoms with Crippen LogP contribution in [0.15, 0.2) is 0 Å². The molecule has 0 aromatic heterocycles. The minimum Gasteiger partial charge on any atom is -0.480 e. The molecule has 1 atom stereocenters. The molecule has 0 aromatic rings. The number of halogens is 2. The van der Waals surface area contributed by atoms with Crippen molar-refractivity contribution in [1.29, 1.82) is 0 Å².